The standard InChI is InChI=1S/C27H21FN4O5S/c1-14-23(25(33)16(13-30-14)22-5-4-10-38-22)26(34)31-15-6-7-19(17(28)11-15)37-20-8-9-29-18-12-21(35-2)27(36-3)32-24(18)20/h4-13H,1-3H3,(H,30,33)(H,31,34). The summed E-state index contributed by atoms with van der Waals surface area (Å²) in [6.07, 6.45) is 3.02. The molecular weight excluding hydrogens is 511 g/mol. The number of aryl methyl sites for hydroxylation is 1. The van der Waals surface area contributed by atoms with E-state index in [-0.39, 0.29) is 34.4 Å². The van der Waals surface area contributed by atoms with E-state index in [2.05, 4.69) is 20.3 Å². The van der Waals surface area contributed by atoms with Gasteiger partial charge < -0.3 is 24.6 Å². The lowest BCUT2D eigenvalue weighted by molar-refractivity contribution is 0.102. The second-order valence-electron chi connectivity index (χ2n) is 8.04. The minimum atomic E-state index is -0.723. The van der Waals surface area contributed by atoms with E-state index in [1.165, 1.54) is 50.1 Å². The number of amides is 1. The van der Waals surface area contributed by atoms with Gasteiger partial charge in [0.05, 0.1) is 31.0 Å². The van der Waals surface area contributed by atoms with Crippen molar-refractivity contribution in [2.24, 2.45) is 0 Å². The predicted octanol–water partition coefficient (Wildman–Crippen LogP) is 5.97. The molecule has 0 aliphatic heterocycles. The summed E-state index contributed by atoms with van der Waals surface area (Å²) >= 11 is 1.41. The number of hydrogen-bond donors (Lipinski definition) is 2. The first kappa shape index (κ1) is 24.9. The van der Waals surface area contributed by atoms with E-state index in [0.29, 0.717) is 28.0 Å². The van der Waals surface area contributed by atoms with Crippen molar-refractivity contribution >= 4 is 34.0 Å². The number of carbonyl (C=O) groups excluding carboxylic acids is 1. The van der Waals surface area contributed by atoms with Crippen LogP contribution in [0.3, 0.4) is 0 Å². The van der Waals surface area contributed by atoms with Crippen molar-refractivity contribution in [1.29, 1.82) is 0 Å². The normalized spacial score (nSPS) is 10.8. The maximum absolute atomic E-state index is 15.0. The Morgan fingerprint density at radius 2 is 1.89 bits per heavy atom. The smallest absolute Gasteiger partial charge is 0.261 e. The number of thiophene rings is 1. The zero-order valence-corrected chi connectivity index (χ0v) is 21.3. The maximum Gasteiger partial charge on any atom is 0.261 e. The number of rotatable bonds is 7. The first-order chi connectivity index (χ1) is 18.4. The van der Waals surface area contributed by atoms with Crippen LogP contribution >= 0.6 is 11.3 Å². The first-order valence-corrected chi connectivity index (χ1v) is 12.2. The SMILES string of the molecule is COc1cc2nccc(Oc3ccc(NC(=O)c4c(C)ncc(-c5cccs5)c4O)cc3F)c2nc1OC. The quantitative estimate of drug-likeness (QED) is 0.264. The molecule has 4 heterocycles. The fourth-order valence-corrected chi connectivity index (χ4v) is 4.57. The summed E-state index contributed by atoms with van der Waals surface area (Å²) < 4.78 is 31.4. The van der Waals surface area contributed by atoms with E-state index < -0.39 is 11.7 Å². The Morgan fingerprint density at radius 3 is 2.61 bits per heavy atom. The highest BCUT2D eigenvalue weighted by molar-refractivity contribution is 7.13. The lowest BCUT2D eigenvalue weighted by atomic mass is 10.1. The Morgan fingerprint density at radius 1 is 1.05 bits per heavy atom. The largest absolute Gasteiger partial charge is 0.506 e. The summed E-state index contributed by atoms with van der Waals surface area (Å²) in [6.45, 7) is 1.61. The van der Waals surface area contributed by atoms with Gasteiger partial charge in [-0.2, -0.15) is 0 Å². The third kappa shape index (κ3) is 4.66. The molecule has 0 saturated heterocycles. The van der Waals surface area contributed by atoms with E-state index in [0.717, 1.165) is 10.9 Å². The molecule has 0 spiro atoms. The van der Waals surface area contributed by atoms with Crippen LogP contribution < -0.4 is 19.5 Å². The molecule has 0 bridgehead atoms. The van der Waals surface area contributed by atoms with Crippen LogP contribution in [-0.4, -0.2) is 40.2 Å². The van der Waals surface area contributed by atoms with Crippen LogP contribution in [0.4, 0.5) is 10.1 Å². The molecule has 1 amide bonds. The molecule has 192 valence electrons. The number of hydrogen-bond acceptors (Lipinski definition) is 9. The van der Waals surface area contributed by atoms with Crippen LogP contribution in [0.15, 0.2) is 60.2 Å². The number of pyridine rings is 3. The van der Waals surface area contributed by atoms with Crippen LogP contribution in [0.5, 0.6) is 28.9 Å². The van der Waals surface area contributed by atoms with E-state index in [1.807, 2.05) is 17.5 Å². The van der Waals surface area contributed by atoms with Crippen molar-refractivity contribution in [3.8, 4) is 39.3 Å². The van der Waals surface area contributed by atoms with Crippen LogP contribution in [0.2, 0.25) is 0 Å². The number of ether oxygens (including phenoxy) is 3. The Hall–Kier alpha value is -4.77. The molecule has 5 aromatic rings. The summed E-state index contributed by atoms with van der Waals surface area (Å²) in [5, 5.41) is 15.3. The maximum atomic E-state index is 15.0. The summed E-state index contributed by atoms with van der Waals surface area (Å²) in [7, 11) is 2.94. The zero-order chi connectivity index (χ0) is 26.8. The highest BCUT2D eigenvalue weighted by Gasteiger charge is 2.21. The Labute approximate surface area is 220 Å². The van der Waals surface area contributed by atoms with E-state index in [4.69, 9.17) is 14.2 Å². The highest BCUT2D eigenvalue weighted by Crippen LogP contribution is 2.37. The van der Waals surface area contributed by atoms with Crippen LogP contribution in [0.25, 0.3) is 21.5 Å². The number of anilines is 1. The minimum absolute atomic E-state index is 0.00957. The Bertz CT molecular complexity index is 1660. The van der Waals surface area contributed by atoms with Crippen molar-refractivity contribution in [2.75, 3.05) is 19.5 Å². The monoisotopic (exact) mass is 532 g/mol. The summed E-state index contributed by atoms with van der Waals surface area (Å²) in [6, 6.07) is 10.8. The van der Waals surface area contributed by atoms with Crippen molar-refractivity contribution in [3.63, 3.8) is 0 Å². The van der Waals surface area contributed by atoms with Gasteiger partial charge in [0.25, 0.3) is 11.8 Å². The minimum Gasteiger partial charge on any atom is -0.506 e. The molecule has 0 fully saturated rings. The van der Waals surface area contributed by atoms with Gasteiger partial charge in [-0.1, -0.05) is 6.07 Å². The molecule has 11 heteroatoms. The molecule has 0 saturated carbocycles. The number of fused-ring (bicyclic) bond motifs is 1. The van der Waals surface area contributed by atoms with Gasteiger partial charge in [-0.25, -0.2) is 9.37 Å². The van der Waals surface area contributed by atoms with Crippen LogP contribution in [0.1, 0.15) is 16.1 Å². The molecule has 1 aromatic carbocycles. The number of benzene rings is 1. The van der Waals surface area contributed by atoms with E-state index in [1.54, 1.807) is 19.1 Å². The summed E-state index contributed by atoms with van der Waals surface area (Å²) in [5.41, 5.74) is 1.78. The molecule has 0 atom stereocenters. The van der Waals surface area contributed by atoms with Gasteiger partial charge in [-0.15, -0.1) is 11.3 Å². The number of methoxy groups -OCH3 is 2. The average Bonchev–Trinajstić information content (AvgIpc) is 3.44. The third-order valence-corrected chi connectivity index (χ3v) is 6.59. The molecule has 2 N–H and O–H groups in total. The Balaban J connectivity index is 1.40. The molecule has 38 heavy (non-hydrogen) atoms. The lowest BCUT2D eigenvalue weighted by Crippen LogP contribution is -2.15. The fourth-order valence-electron chi connectivity index (χ4n) is 3.84. The van der Waals surface area contributed by atoms with Crippen molar-refractivity contribution in [1.82, 2.24) is 15.0 Å². The second kappa shape index (κ2) is 10.3. The van der Waals surface area contributed by atoms with Crippen molar-refractivity contribution < 1.29 is 28.5 Å². The van der Waals surface area contributed by atoms with Gasteiger partial charge in [0.1, 0.15) is 16.8 Å². The number of aromatic nitrogens is 3. The number of nitrogens with zero attached hydrogens (tertiary/aromatic N) is 3. The van der Waals surface area contributed by atoms with Crippen molar-refractivity contribution in [2.45, 2.75) is 6.92 Å². The van der Waals surface area contributed by atoms with Gasteiger partial charge in [0.15, 0.2) is 23.1 Å². The second-order valence-corrected chi connectivity index (χ2v) is 8.98. The van der Waals surface area contributed by atoms with E-state index in [9.17, 15) is 9.90 Å². The predicted molar refractivity (Wildman–Crippen MR) is 141 cm³/mol. The molecule has 0 radical (unpaired) electrons. The van der Waals surface area contributed by atoms with Gasteiger partial charge in [-0.05, 0) is 30.5 Å². The fraction of sp³-hybridized carbons (Fsp3) is 0.111. The summed E-state index contributed by atoms with van der Waals surface area (Å²) in [4.78, 5) is 26.7. The number of halogens is 1. The molecule has 0 aliphatic carbocycles. The number of carbonyl (C=O) groups is 1. The van der Waals surface area contributed by atoms with Gasteiger partial charge in [0.2, 0.25) is 0 Å². The zero-order valence-electron chi connectivity index (χ0n) is 20.5. The molecule has 0 unspecified atom stereocenters. The summed E-state index contributed by atoms with van der Waals surface area (Å²) in [5.74, 6) is -0.747. The third-order valence-electron chi connectivity index (χ3n) is 5.69. The number of nitrogens with one attached hydrogen (secondary N) is 1. The highest BCUT2D eigenvalue weighted by atomic mass is 32.1. The molecular formula is C27H21FN4O5S. The molecule has 4 aromatic heterocycles. The van der Waals surface area contributed by atoms with Crippen molar-refractivity contribution in [3.05, 3.63) is 77.3 Å². The lowest BCUT2D eigenvalue weighted by Gasteiger charge is -2.13. The first-order valence-electron chi connectivity index (χ1n) is 11.3. The van der Waals surface area contributed by atoms with Gasteiger partial charge >= 0.3 is 0 Å². The van der Waals surface area contributed by atoms with Crippen LogP contribution in [-0.2, 0) is 0 Å². The van der Waals surface area contributed by atoms with Gasteiger partial charge in [-0.3, -0.25) is 14.8 Å². The molecule has 0 aliphatic rings. The molecule has 9 nitrogen and oxygen atoms in total. The Kier molecular flexibility index (Phi) is 6.75. The average molecular weight is 533 g/mol. The van der Waals surface area contributed by atoms with E-state index >= 15 is 4.39 Å². The topological polar surface area (TPSA) is 116 Å². The number of aromatic hydroxyl groups is 1. The van der Waals surface area contributed by atoms with Crippen LogP contribution in [0, 0.1) is 12.7 Å². The molecule has 5 rings (SSSR count). The van der Waals surface area contributed by atoms with Gasteiger partial charge in [0, 0.05) is 41.2 Å².